The fraction of sp³-hybridized carbons (Fsp3) is 0.462. The number of benzene rings is 1. The van der Waals surface area contributed by atoms with Gasteiger partial charge in [0.1, 0.15) is 0 Å². The second-order valence-corrected chi connectivity index (χ2v) is 4.12. The molecule has 1 aromatic rings. The molecule has 1 atom stereocenters. The highest BCUT2D eigenvalue weighted by Gasteiger charge is 2.26. The zero-order valence-corrected chi connectivity index (χ0v) is 8.78. The van der Waals surface area contributed by atoms with Crippen molar-refractivity contribution in [2.45, 2.75) is 25.7 Å². The summed E-state index contributed by atoms with van der Waals surface area (Å²) in [6.07, 6.45) is 3.50. The monoisotopic (exact) mass is 204 g/mol. The third kappa shape index (κ3) is 2.10. The van der Waals surface area contributed by atoms with E-state index in [1.54, 1.807) is 0 Å². The van der Waals surface area contributed by atoms with Gasteiger partial charge in [-0.3, -0.25) is 4.79 Å². The van der Waals surface area contributed by atoms with Gasteiger partial charge in [0.15, 0.2) is 5.78 Å². The van der Waals surface area contributed by atoms with Crippen LogP contribution in [-0.4, -0.2) is 17.5 Å². The van der Waals surface area contributed by atoms with Crippen LogP contribution in [0.2, 0.25) is 0 Å². The number of aryl methyl sites for hydroxylation is 1. The van der Waals surface area contributed by atoms with Gasteiger partial charge in [0.25, 0.3) is 0 Å². The van der Waals surface area contributed by atoms with Gasteiger partial charge in [-0.25, -0.2) is 0 Å². The number of hydrogen-bond acceptors (Lipinski definition) is 2. The molecule has 2 heteroatoms. The summed E-state index contributed by atoms with van der Waals surface area (Å²) < 4.78 is 0. The van der Waals surface area contributed by atoms with Crippen LogP contribution in [0.4, 0.5) is 0 Å². The highest BCUT2D eigenvalue weighted by molar-refractivity contribution is 6.00. The zero-order valence-electron chi connectivity index (χ0n) is 8.78. The largest absolute Gasteiger partial charge is 0.396 e. The first-order valence-corrected chi connectivity index (χ1v) is 5.56. The highest BCUT2D eigenvalue weighted by Crippen LogP contribution is 2.27. The van der Waals surface area contributed by atoms with E-state index in [-0.39, 0.29) is 18.3 Å². The average Bonchev–Trinajstić information content (AvgIpc) is 2.29. The van der Waals surface area contributed by atoms with Gasteiger partial charge >= 0.3 is 0 Å². The number of aliphatic hydroxyl groups is 1. The maximum atomic E-state index is 12.0. The van der Waals surface area contributed by atoms with Crippen LogP contribution < -0.4 is 0 Å². The molecule has 0 aliphatic heterocycles. The first-order valence-electron chi connectivity index (χ1n) is 5.56. The Balaban J connectivity index is 2.15. The van der Waals surface area contributed by atoms with E-state index in [1.165, 1.54) is 5.56 Å². The number of aliphatic hydroxyl groups excluding tert-OH is 1. The van der Waals surface area contributed by atoms with Gasteiger partial charge in [-0.1, -0.05) is 24.3 Å². The Kier molecular flexibility index (Phi) is 3.17. The first-order chi connectivity index (χ1) is 7.33. The van der Waals surface area contributed by atoms with Gasteiger partial charge in [0.05, 0.1) is 0 Å². The summed E-state index contributed by atoms with van der Waals surface area (Å²) in [4.78, 5) is 12.0. The number of ketones is 1. The molecule has 2 nitrogen and oxygen atoms in total. The summed E-state index contributed by atoms with van der Waals surface area (Å²) in [7, 11) is 0. The van der Waals surface area contributed by atoms with E-state index in [1.807, 2.05) is 24.3 Å². The van der Waals surface area contributed by atoms with Crippen LogP contribution in [-0.2, 0) is 6.42 Å². The third-order valence-electron chi connectivity index (χ3n) is 3.13. The summed E-state index contributed by atoms with van der Waals surface area (Å²) in [5.74, 6) is 0.400. The summed E-state index contributed by atoms with van der Waals surface area (Å²) in [6, 6.07) is 7.86. The molecule has 0 fully saturated rings. The van der Waals surface area contributed by atoms with Crippen molar-refractivity contribution in [3.8, 4) is 0 Å². The molecule has 0 heterocycles. The van der Waals surface area contributed by atoms with Gasteiger partial charge in [-0.05, 0) is 31.2 Å². The Morgan fingerprint density at radius 1 is 1.33 bits per heavy atom. The molecule has 80 valence electrons. The van der Waals surface area contributed by atoms with E-state index in [9.17, 15) is 4.79 Å². The van der Waals surface area contributed by atoms with Gasteiger partial charge in [-0.2, -0.15) is 0 Å². The summed E-state index contributed by atoms with van der Waals surface area (Å²) in [6.45, 7) is 0.186. The number of Topliss-reactive ketones (excluding diaryl/α,β-unsaturated/α-hetero) is 1. The molecule has 1 unspecified atom stereocenters. The Morgan fingerprint density at radius 3 is 2.93 bits per heavy atom. The van der Waals surface area contributed by atoms with E-state index in [0.717, 1.165) is 31.2 Å². The maximum Gasteiger partial charge on any atom is 0.166 e. The smallest absolute Gasteiger partial charge is 0.166 e. The molecule has 0 radical (unpaired) electrons. The van der Waals surface area contributed by atoms with Crippen molar-refractivity contribution in [3.63, 3.8) is 0 Å². The van der Waals surface area contributed by atoms with E-state index >= 15 is 0 Å². The lowest BCUT2D eigenvalue weighted by Gasteiger charge is -2.22. The lowest BCUT2D eigenvalue weighted by molar-refractivity contribution is 0.0888. The fourth-order valence-corrected chi connectivity index (χ4v) is 2.27. The third-order valence-corrected chi connectivity index (χ3v) is 3.13. The summed E-state index contributed by atoms with van der Waals surface area (Å²) in [5, 5.41) is 8.77. The number of hydrogen-bond donors (Lipinski definition) is 1. The zero-order chi connectivity index (χ0) is 10.7. The molecule has 15 heavy (non-hydrogen) atoms. The Bertz CT molecular complexity index is 357. The first kappa shape index (κ1) is 10.4. The quantitative estimate of drug-likeness (QED) is 0.819. The van der Waals surface area contributed by atoms with Crippen LogP contribution in [0.5, 0.6) is 0 Å². The SMILES string of the molecule is O=C1c2ccccc2CCC1CCCO. The normalized spacial score (nSPS) is 20.1. The van der Waals surface area contributed by atoms with Crippen LogP contribution in [0, 0.1) is 5.92 Å². The standard InChI is InChI=1S/C13H16O2/c14-9-3-5-11-8-7-10-4-1-2-6-12(10)13(11)15/h1-2,4,6,11,14H,3,5,7-9H2. The minimum absolute atomic E-state index is 0.132. The molecule has 0 bridgehead atoms. The van der Waals surface area contributed by atoms with Crippen LogP contribution in [0.15, 0.2) is 24.3 Å². The molecule has 1 N–H and O–H groups in total. The molecular weight excluding hydrogens is 188 g/mol. The molecule has 1 aliphatic carbocycles. The molecule has 2 rings (SSSR count). The second-order valence-electron chi connectivity index (χ2n) is 4.12. The summed E-state index contributed by atoms with van der Waals surface area (Å²) >= 11 is 0. The van der Waals surface area contributed by atoms with Crippen molar-refractivity contribution in [2.24, 2.45) is 5.92 Å². The minimum Gasteiger partial charge on any atom is -0.396 e. The topological polar surface area (TPSA) is 37.3 Å². The van der Waals surface area contributed by atoms with Crippen molar-refractivity contribution >= 4 is 5.78 Å². The molecular formula is C13H16O2. The van der Waals surface area contributed by atoms with E-state index in [0.29, 0.717) is 0 Å². The van der Waals surface area contributed by atoms with Crippen molar-refractivity contribution in [1.29, 1.82) is 0 Å². The number of fused-ring (bicyclic) bond motifs is 1. The average molecular weight is 204 g/mol. The van der Waals surface area contributed by atoms with Crippen molar-refractivity contribution in [1.82, 2.24) is 0 Å². The lowest BCUT2D eigenvalue weighted by atomic mass is 9.81. The van der Waals surface area contributed by atoms with Gasteiger partial charge < -0.3 is 5.11 Å². The predicted octanol–water partition coefficient (Wildman–Crippen LogP) is 2.20. The number of rotatable bonds is 3. The summed E-state index contributed by atoms with van der Waals surface area (Å²) in [5.41, 5.74) is 2.08. The Morgan fingerprint density at radius 2 is 2.13 bits per heavy atom. The molecule has 0 saturated heterocycles. The van der Waals surface area contributed by atoms with Crippen molar-refractivity contribution < 1.29 is 9.90 Å². The Hall–Kier alpha value is -1.15. The fourth-order valence-electron chi connectivity index (χ4n) is 2.27. The molecule has 1 aromatic carbocycles. The van der Waals surface area contributed by atoms with Gasteiger partial charge in [-0.15, -0.1) is 0 Å². The van der Waals surface area contributed by atoms with Crippen molar-refractivity contribution in [2.75, 3.05) is 6.61 Å². The predicted molar refractivity (Wildman–Crippen MR) is 58.9 cm³/mol. The molecule has 1 aliphatic rings. The molecule has 0 amide bonds. The van der Waals surface area contributed by atoms with Crippen molar-refractivity contribution in [3.05, 3.63) is 35.4 Å². The molecule has 0 aromatic heterocycles. The van der Waals surface area contributed by atoms with Crippen LogP contribution in [0.25, 0.3) is 0 Å². The lowest BCUT2D eigenvalue weighted by Crippen LogP contribution is -2.22. The van der Waals surface area contributed by atoms with Crippen LogP contribution in [0.1, 0.15) is 35.2 Å². The second kappa shape index (κ2) is 4.58. The van der Waals surface area contributed by atoms with Crippen LogP contribution >= 0.6 is 0 Å². The van der Waals surface area contributed by atoms with E-state index in [4.69, 9.17) is 5.11 Å². The van der Waals surface area contributed by atoms with E-state index < -0.39 is 0 Å². The number of carbonyl (C=O) groups is 1. The van der Waals surface area contributed by atoms with Gasteiger partial charge in [0.2, 0.25) is 0 Å². The minimum atomic E-state index is 0.132. The maximum absolute atomic E-state index is 12.0. The Labute approximate surface area is 89.9 Å². The number of carbonyl (C=O) groups excluding carboxylic acids is 1. The highest BCUT2D eigenvalue weighted by atomic mass is 16.2. The van der Waals surface area contributed by atoms with E-state index in [2.05, 4.69) is 0 Å². The molecule has 0 spiro atoms. The van der Waals surface area contributed by atoms with Crippen LogP contribution in [0.3, 0.4) is 0 Å². The van der Waals surface area contributed by atoms with Gasteiger partial charge in [0, 0.05) is 18.1 Å². The molecule has 0 saturated carbocycles.